The van der Waals surface area contributed by atoms with Crippen LogP contribution in [0.4, 0.5) is 11.4 Å². The van der Waals surface area contributed by atoms with Crippen LogP contribution >= 0.6 is 0 Å². The van der Waals surface area contributed by atoms with Gasteiger partial charge in [-0.15, -0.1) is 0 Å². The van der Waals surface area contributed by atoms with Gasteiger partial charge in [0.05, 0.1) is 11.7 Å². The van der Waals surface area contributed by atoms with Crippen molar-refractivity contribution in [2.24, 2.45) is 0 Å². The maximum Gasteiger partial charge on any atom is 0.0629 e. The van der Waals surface area contributed by atoms with E-state index in [1.54, 1.807) is 0 Å². The van der Waals surface area contributed by atoms with E-state index < -0.39 is 0 Å². The van der Waals surface area contributed by atoms with Gasteiger partial charge >= 0.3 is 0 Å². The van der Waals surface area contributed by atoms with Crippen LogP contribution in [0.15, 0.2) is 176 Å². The van der Waals surface area contributed by atoms with Gasteiger partial charge in [-0.3, -0.25) is 4.98 Å². The van der Waals surface area contributed by atoms with Gasteiger partial charge < -0.3 is 4.90 Å². The second kappa shape index (κ2) is 16.4. The smallest absolute Gasteiger partial charge is 0.0629 e. The molecule has 5 aromatic rings. The summed E-state index contributed by atoms with van der Waals surface area (Å²) in [4.78, 5) is 6.87. The lowest BCUT2D eigenvalue weighted by Gasteiger charge is -2.34. The van der Waals surface area contributed by atoms with Gasteiger partial charge in [-0.25, -0.2) is 0 Å². The number of pyridine rings is 1. The van der Waals surface area contributed by atoms with Gasteiger partial charge in [0, 0.05) is 17.6 Å². The predicted octanol–water partition coefficient (Wildman–Crippen LogP) is 10.8. The molecular formula is C48H44N2. The summed E-state index contributed by atoms with van der Waals surface area (Å²) in [6.07, 6.45) is 24.5. The minimum Gasteiger partial charge on any atom is -0.334 e. The van der Waals surface area contributed by atoms with E-state index in [9.17, 15) is 0 Å². The number of hydrogen-bond acceptors (Lipinski definition) is 2. The van der Waals surface area contributed by atoms with Crippen molar-refractivity contribution in [2.75, 3.05) is 4.90 Å². The van der Waals surface area contributed by atoms with Crippen LogP contribution in [0.1, 0.15) is 48.2 Å². The van der Waals surface area contributed by atoms with Crippen molar-refractivity contribution < 1.29 is 0 Å². The summed E-state index contributed by atoms with van der Waals surface area (Å²) in [5.41, 5.74) is 11.6. The summed E-state index contributed by atoms with van der Waals surface area (Å²) in [5, 5.41) is 2.39. The lowest BCUT2D eigenvalue weighted by atomic mass is 9.86. The lowest BCUT2D eigenvalue weighted by molar-refractivity contribution is 0.780. The van der Waals surface area contributed by atoms with E-state index in [1.807, 2.05) is 30.5 Å². The molecule has 0 N–H and O–H groups in total. The molecule has 0 fully saturated rings. The van der Waals surface area contributed by atoms with Crippen LogP contribution in [0.5, 0.6) is 0 Å². The molecule has 50 heavy (non-hydrogen) atoms. The molecule has 1 aromatic heterocycles. The second-order valence-corrected chi connectivity index (χ2v) is 12.3. The fourth-order valence-electron chi connectivity index (χ4n) is 6.52. The first kappa shape index (κ1) is 33.9. The average Bonchev–Trinajstić information content (AvgIpc) is 3.17. The number of aryl methyl sites for hydroxylation is 1. The average molecular weight is 649 g/mol. The number of allylic oxidation sites excluding steroid dienone is 6. The van der Waals surface area contributed by atoms with Crippen molar-refractivity contribution in [1.29, 1.82) is 0 Å². The Bertz CT molecular complexity index is 2210. The van der Waals surface area contributed by atoms with Crippen LogP contribution in [0.25, 0.3) is 29.9 Å². The van der Waals surface area contributed by atoms with E-state index in [0.717, 1.165) is 28.9 Å². The summed E-state index contributed by atoms with van der Waals surface area (Å²) >= 11 is 0. The number of hydrogen-bond donors (Lipinski definition) is 0. The zero-order valence-electron chi connectivity index (χ0n) is 29.2. The minimum atomic E-state index is 0.156. The quantitative estimate of drug-likeness (QED) is 0.150. The molecule has 1 atom stereocenters. The fourth-order valence-corrected chi connectivity index (χ4v) is 6.52. The van der Waals surface area contributed by atoms with Crippen molar-refractivity contribution in [3.05, 3.63) is 214 Å². The lowest BCUT2D eigenvalue weighted by Crippen LogP contribution is -2.31. The Labute approximate surface area is 297 Å². The number of para-hydroxylation sites is 1. The number of aromatic nitrogens is 1. The third-order valence-corrected chi connectivity index (χ3v) is 9.11. The highest BCUT2D eigenvalue weighted by Gasteiger charge is 2.22. The van der Waals surface area contributed by atoms with Crippen molar-refractivity contribution >= 4 is 41.3 Å². The highest BCUT2D eigenvalue weighted by atomic mass is 15.2. The van der Waals surface area contributed by atoms with Crippen LogP contribution in [0, 0.1) is 6.92 Å². The first-order chi connectivity index (χ1) is 24.6. The van der Waals surface area contributed by atoms with E-state index in [0.29, 0.717) is 0 Å². The van der Waals surface area contributed by atoms with Crippen LogP contribution in [0.2, 0.25) is 0 Å². The highest BCUT2D eigenvalue weighted by Crippen LogP contribution is 2.35. The SMILES string of the molecule is C=Cc1cc(N(c2ccccc2)C2C=CC(C(=C\C)/C(c3ccc(/C=C/c4ccccn4)cc3)=c3/cccc/c3=C/C=C/C)=CC2)ccc1C. The zero-order valence-corrected chi connectivity index (χ0v) is 29.2. The molecule has 0 radical (unpaired) electrons. The Morgan fingerprint density at radius 3 is 2.30 bits per heavy atom. The number of benzene rings is 4. The maximum atomic E-state index is 4.43. The zero-order chi connectivity index (χ0) is 34.7. The molecule has 246 valence electrons. The third-order valence-electron chi connectivity index (χ3n) is 9.11. The van der Waals surface area contributed by atoms with Gasteiger partial charge in [0.15, 0.2) is 0 Å². The standard InChI is InChI=1S/C48H44N2/c1-5-8-16-39-17-12-13-21-47(39)48(41-26-23-37(24-27-41)25-30-42-18-14-15-34-49-42)46(7-3)40-28-32-44(33-29-40)50(43-19-10-9-11-20-43)45-31-22-36(4)38(6-2)35-45/h5-32,34-35,44H,2,33H2,1,3-4H3/b8-5+,30-25+,39-16-,46-7+,48-47-. The molecule has 0 bridgehead atoms. The first-order valence-corrected chi connectivity index (χ1v) is 17.3. The van der Waals surface area contributed by atoms with Crippen LogP contribution < -0.4 is 15.3 Å². The van der Waals surface area contributed by atoms with Gasteiger partial charge in [0.25, 0.3) is 0 Å². The first-order valence-electron chi connectivity index (χ1n) is 17.3. The maximum absolute atomic E-state index is 4.43. The molecule has 1 aliphatic carbocycles. The van der Waals surface area contributed by atoms with Crippen LogP contribution in [0.3, 0.4) is 0 Å². The number of rotatable bonds is 10. The van der Waals surface area contributed by atoms with Crippen molar-refractivity contribution in [2.45, 2.75) is 33.2 Å². The summed E-state index contributed by atoms with van der Waals surface area (Å²) in [5.74, 6) is 0. The Balaban J connectivity index is 1.40. The van der Waals surface area contributed by atoms with E-state index in [4.69, 9.17) is 0 Å². The molecule has 0 spiro atoms. The normalized spacial score (nSPS) is 15.7. The Hall–Kier alpha value is -5.99. The molecule has 0 saturated heterocycles. The molecule has 2 nitrogen and oxygen atoms in total. The Morgan fingerprint density at radius 2 is 1.60 bits per heavy atom. The molecular weight excluding hydrogens is 605 g/mol. The van der Waals surface area contributed by atoms with E-state index in [1.165, 1.54) is 44.0 Å². The van der Waals surface area contributed by atoms with Crippen molar-refractivity contribution in [3.8, 4) is 0 Å². The van der Waals surface area contributed by atoms with Gasteiger partial charge in [0.2, 0.25) is 0 Å². The second-order valence-electron chi connectivity index (χ2n) is 12.3. The molecule has 0 aliphatic heterocycles. The Morgan fingerprint density at radius 1 is 0.820 bits per heavy atom. The van der Waals surface area contributed by atoms with Gasteiger partial charge in [-0.05, 0) is 119 Å². The van der Waals surface area contributed by atoms with Crippen LogP contribution in [-0.2, 0) is 0 Å². The molecule has 6 rings (SSSR count). The third kappa shape index (κ3) is 7.83. The molecule has 1 heterocycles. The van der Waals surface area contributed by atoms with E-state index in [-0.39, 0.29) is 6.04 Å². The molecule has 1 unspecified atom stereocenters. The molecule has 2 heteroatoms. The summed E-state index contributed by atoms with van der Waals surface area (Å²) < 4.78 is 0. The van der Waals surface area contributed by atoms with Crippen LogP contribution in [-0.4, -0.2) is 11.0 Å². The van der Waals surface area contributed by atoms with Gasteiger partial charge in [-0.2, -0.15) is 0 Å². The monoisotopic (exact) mass is 648 g/mol. The number of nitrogens with zero attached hydrogens (tertiary/aromatic N) is 2. The van der Waals surface area contributed by atoms with Crippen molar-refractivity contribution in [1.82, 2.24) is 4.98 Å². The molecule has 0 saturated carbocycles. The number of anilines is 2. The predicted molar refractivity (Wildman–Crippen MR) is 216 cm³/mol. The molecule has 4 aromatic carbocycles. The van der Waals surface area contributed by atoms with E-state index in [2.05, 4.69) is 189 Å². The topological polar surface area (TPSA) is 16.1 Å². The van der Waals surface area contributed by atoms with Gasteiger partial charge in [-0.1, -0.05) is 140 Å². The van der Waals surface area contributed by atoms with Crippen molar-refractivity contribution in [3.63, 3.8) is 0 Å². The summed E-state index contributed by atoms with van der Waals surface area (Å²) in [7, 11) is 0. The highest BCUT2D eigenvalue weighted by molar-refractivity contribution is 5.85. The Kier molecular flexibility index (Phi) is 11.1. The molecule has 1 aliphatic rings. The molecule has 0 amide bonds. The summed E-state index contributed by atoms with van der Waals surface area (Å²) in [6.45, 7) is 10.4. The fraction of sp³-hybridized carbons (Fsp3) is 0.104. The minimum absolute atomic E-state index is 0.156. The summed E-state index contributed by atoms with van der Waals surface area (Å²) in [6, 6.07) is 41.0. The van der Waals surface area contributed by atoms with E-state index >= 15 is 0 Å². The largest absolute Gasteiger partial charge is 0.334 e. The van der Waals surface area contributed by atoms with Gasteiger partial charge in [0.1, 0.15) is 0 Å².